The zero-order valence-corrected chi connectivity index (χ0v) is 21.7. The van der Waals surface area contributed by atoms with Gasteiger partial charge in [0.25, 0.3) is 0 Å². The Morgan fingerprint density at radius 2 is 1.23 bits per heavy atom. The first-order valence-electron chi connectivity index (χ1n) is 12.8. The van der Waals surface area contributed by atoms with Gasteiger partial charge in [-0.1, -0.05) is 73.8 Å². The number of benzene rings is 6. The van der Waals surface area contributed by atoms with Gasteiger partial charge in [0.05, 0.1) is 5.69 Å². The molecule has 0 bridgehead atoms. The Morgan fingerprint density at radius 1 is 0.650 bits per heavy atom. The van der Waals surface area contributed by atoms with Gasteiger partial charge in [-0.05, 0) is 75.0 Å². The molecule has 0 heterocycles. The highest BCUT2D eigenvalue weighted by Crippen LogP contribution is 2.44. The van der Waals surface area contributed by atoms with E-state index in [0.29, 0.717) is 5.75 Å². The Kier molecular flexibility index (Phi) is 6.46. The predicted octanol–water partition coefficient (Wildman–Crippen LogP) is 8.37. The first-order chi connectivity index (χ1) is 19.6. The van der Waals surface area contributed by atoms with E-state index in [0.717, 1.165) is 40.2 Å². The van der Waals surface area contributed by atoms with Crippen molar-refractivity contribution < 1.29 is 19.1 Å². The lowest BCUT2D eigenvalue weighted by Crippen LogP contribution is -2.11. The van der Waals surface area contributed by atoms with Crippen LogP contribution >= 0.6 is 0 Å². The molecule has 6 aromatic carbocycles. The second-order valence-corrected chi connectivity index (χ2v) is 9.37. The van der Waals surface area contributed by atoms with Crippen LogP contribution in [0.4, 0.5) is 17.1 Å². The SMILES string of the molecule is C=CC(=O)OCc1ccc(N(c2ccc(OC(=O)C=C)cc2)c2ccc3ccc4cccc5ccc2c3c45)cc1. The predicted molar refractivity (Wildman–Crippen MR) is 161 cm³/mol. The van der Waals surface area contributed by atoms with E-state index in [-0.39, 0.29) is 6.61 Å². The largest absolute Gasteiger partial charge is 0.458 e. The van der Waals surface area contributed by atoms with Gasteiger partial charge in [-0.15, -0.1) is 0 Å². The third kappa shape index (κ3) is 4.54. The van der Waals surface area contributed by atoms with E-state index in [1.807, 2.05) is 36.4 Å². The molecule has 6 aromatic rings. The number of hydrogen-bond acceptors (Lipinski definition) is 5. The van der Waals surface area contributed by atoms with Gasteiger partial charge in [0.1, 0.15) is 12.4 Å². The maximum absolute atomic E-state index is 11.7. The molecule has 0 atom stereocenters. The molecule has 0 unspecified atom stereocenters. The molecular weight excluding hydrogens is 498 g/mol. The highest BCUT2D eigenvalue weighted by atomic mass is 16.5. The summed E-state index contributed by atoms with van der Waals surface area (Å²) in [6.45, 7) is 7.07. The Balaban J connectivity index is 1.50. The van der Waals surface area contributed by atoms with Gasteiger partial charge in [-0.3, -0.25) is 0 Å². The van der Waals surface area contributed by atoms with Crippen molar-refractivity contribution in [1.29, 1.82) is 0 Å². The van der Waals surface area contributed by atoms with Crippen LogP contribution in [0, 0.1) is 0 Å². The number of rotatable bonds is 8. The molecule has 0 aromatic heterocycles. The number of ether oxygens (including phenoxy) is 2. The highest BCUT2D eigenvalue weighted by Gasteiger charge is 2.18. The lowest BCUT2D eigenvalue weighted by molar-refractivity contribution is -0.139. The van der Waals surface area contributed by atoms with E-state index in [9.17, 15) is 9.59 Å². The summed E-state index contributed by atoms with van der Waals surface area (Å²) in [7, 11) is 0. The van der Waals surface area contributed by atoms with E-state index in [1.54, 1.807) is 12.1 Å². The maximum atomic E-state index is 11.7. The summed E-state index contributed by atoms with van der Waals surface area (Å²) in [6, 6.07) is 34.6. The molecule has 6 rings (SSSR count). The van der Waals surface area contributed by atoms with Crippen LogP contribution in [-0.4, -0.2) is 11.9 Å². The average molecular weight is 524 g/mol. The number of carbonyl (C=O) groups excluding carboxylic acids is 2. The number of esters is 2. The van der Waals surface area contributed by atoms with Gasteiger partial charge in [-0.2, -0.15) is 0 Å². The monoisotopic (exact) mass is 523 g/mol. The zero-order valence-electron chi connectivity index (χ0n) is 21.7. The first-order valence-corrected chi connectivity index (χ1v) is 12.8. The Hall–Kier alpha value is -5.42. The van der Waals surface area contributed by atoms with E-state index >= 15 is 0 Å². The van der Waals surface area contributed by atoms with Crippen molar-refractivity contribution in [3.05, 3.63) is 134 Å². The normalized spacial score (nSPS) is 11.0. The fraction of sp³-hybridized carbons (Fsp3) is 0.0286. The molecule has 0 spiro atoms. The van der Waals surface area contributed by atoms with Gasteiger partial charge in [0, 0.05) is 28.9 Å². The summed E-state index contributed by atoms with van der Waals surface area (Å²) in [6.07, 6.45) is 2.29. The Morgan fingerprint density at radius 3 is 1.88 bits per heavy atom. The lowest BCUT2D eigenvalue weighted by atomic mass is 9.93. The first kappa shape index (κ1) is 24.9. The molecular formula is C35H25NO4. The molecule has 0 aliphatic carbocycles. The van der Waals surface area contributed by atoms with E-state index in [1.165, 1.54) is 26.9 Å². The van der Waals surface area contributed by atoms with E-state index in [4.69, 9.17) is 9.47 Å². The van der Waals surface area contributed by atoms with Gasteiger partial charge in [0.2, 0.25) is 0 Å². The van der Waals surface area contributed by atoms with Crippen LogP contribution in [0.5, 0.6) is 5.75 Å². The summed E-state index contributed by atoms with van der Waals surface area (Å²) >= 11 is 0. The zero-order chi connectivity index (χ0) is 27.6. The molecule has 40 heavy (non-hydrogen) atoms. The summed E-state index contributed by atoms with van der Waals surface area (Å²) in [5.41, 5.74) is 3.68. The van der Waals surface area contributed by atoms with E-state index in [2.05, 4.69) is 72.7 Å². The molecule has 0 N–H and O–H groups in total. The number of nitrogens with zero attached hydrogens (tertiary/aromatic N) is 1. The summed E-state index contributed by atoms with van der Waals surface area (Å²) in [5, 5.41) is 7.15. The third-order valence-electron chi connectivity index (χ3n) is 6.97. The van der Waals surface area contributed by atoms with Crippen LogP contribution < -0.4 is 9.64 Å². The lowest BCUT2D eigenvalue weighted by Gasteiger charge is -2.28. The fourth-order valence-electron chi connectivity index (χ4n) is 5.12. The van der Waals surface area contributed by atoms with Crippen LogP contribution in [0.3, 0.4) is 0 Å². The minimum atomic E-state index is -0.510. The van der Waals surface area contributed by atoms with Gasteiger partial charge >= 0.3 is 11.9 Å². The molecule has 0 amide bonds. The van der Waals surface area contributed by atoms with Crippen LogP contribution in [0.25, 0.3) is 32.3 Å². The van der Waals surface area contributed by atoms with Crippen LogP contribution in [0.15, 0.2) is 128 Å². The van der Waals surface area contributed by atoms with Crippen LogP contribution in [-0.2, 0) is 20.9 Å². The molecule has 0 aliphatic heterocycles. The molecule has 0 fully saturated rings. The second-order valence-electron chi connectivity index (χ2n) is 9.37. The fourth-order valence-corrected chi connectivity index (χ4v) is 5.12. The van der Waals surface area contributed by atoms with Crippen molar-refractivity contribution in [2.45, 2.75) is 6.61 Å². The van der Waals surface area contributed by atoms with Crippen molar-refractivity contribution >= 4 is 61.3 Å². The summed E-state index contributed by atoms with van der Waals surface area (Å²) in [5.74, 6) is -0.538. The molecule has 5 heteroatoms. The number of carbonyl (C=O) groups is 2. The maximum Gasteiger partial charge on any atom is 0.335 e. The minimum absolute atomic E-state index is 0.160. The summed E-state index contributed by atoms with van der Waals surface area (Å²) in [4.78, 5) is 25.4. The van der Waals surface area contributed by atoms with Crippen LogP contribution in [0.1, 0.15) is 5.56 Å². The Bertz CT molecular complexity index is 1870. The molecule has 0 saturated carbocycles. The molecule has 0 aliphatic rings. The van der Waals surface area contributed by atoms with Crippen molar-refractivity contribution in [1.82, 2.24) is 0 Å². The average Bonchev–Trinajstić information content (AvgIpc) is 3.00. The van der Waals surface area contributed by atoms with Crippen LogP contribution in [0.2, 0.25) is 0 Å². The van der Waals surface area contributed by atoms with Gasteiger partial charge < -0.3 is 14.4 Å². The minimum Gasteiger partial charge on any atom is -0.458 e. The second kappa shape index (κ2) is 10.4. The quantitative estimate of drug-likeness (QED) is 0.0868. The van der Waals surface area contributed by atoms with Crippen molar-refractivity contribution in [3.63, 3.8) is 0 Å². The van der Waals surface area contributed by atoms with Gasteiger partial charge in [-0.25, -0.2) is 9.59 Å². The van der Waals surface area contributed by atoms with Crippen molar-refractivity contribution in [2.75, 3.05) is 4.90 Å². The van der Waals surface area contributed by atoms with Crippen molar-refractivity contribution in [2.24, 2.45) is 0 Å². The number of hydrogen-bond donors (Lipinski definition) is 0. The Labute approximate surface area is 231 Å². The number of anilines is 3. The van der Waals surface area contributed by atoms with Gasteiger partial charge in [0.15, 0.2) is 0 Å². The molecule has 0 radical (unpaired) electrons. The highest BCUT2D eigenvalue weighted by molar-refractivity contribution is 6.25. The molecule has 5 nitrogen and oxygen atoms in total. The smallest absolute Gasteiger partial charge is 0.335 e. The van der Waals surface area contributed by atoms with E-state index < -0.39 is 11.9 Å². The summed E-state index contributed by atoms with van der Waals surface area (Å²) < 4.78 is 10.5. The standard InChI is InChI=1S/C35H25NO4/c1-3-32(37)39-22-23-8-14-27(15-9-23)36(28-16-18-29(19-17-28)40-33(38)4-2)31-21-13-26-11-10-24-6-5-7-25-12-20-30(31)35(26)34(24)25/h3-21H,1-2,22H2. The van der Waals surface area contributed by atoms with Crippen molar-refractivity contribution in [3.8, 4) is 5.75 Å². The topological polar surface area (TPSA) is 55.8 Å². The molecule has 0 saturated heterocycles. The molecule has 194 valence electrons. The third-order valence-corrected chi connectivity index (χ3v) is 6.97.